The summed E-state index contributed by atoms with van der Waals surface area (Å²) in [7, 11) is 0. The summed E-state index contributed by atoms with van der Waals surface area (Å²) in [6, 6.07) is 13.4. The Morgan fingerprint density at radius 1 is 1.04 bits per heavy atom. The van der Waals surface area contributed by atoms with E-state index in [0.717, 1.165) is 28.2 Å². The molecule has 0 aromatic heterocycles. The molecular formula is C22H23Cl2N3O. The average Bonchev–Trinajstić information content (AvgIpc) is 3.15. The second-order valence-corrected chi connectivity index (χ2v) is 8.77. The molecule has 0 spiro atoms. The lowest BCUT2D eigenvalue weighted by molar-refractivity contribution is -0.118. The van der Waals surface area contributed by atoms with Gasteiger partial charge in [-0.05, 0) is 66.6 Å². The molecule has 0 bridgehead atoms. The number of allylic oxidation sites excluding steroid dienone is 1. The number of nitrogens with zero attached hydrogens (tertiary/aromatic N) is 2. The maximum Gasteiger partial charge on any atom is 0.228 e. The predicted octanol–water partition coefficient (Wildman–Crippen LogP) is 7.25. The third-order valence-electron chi connectivity index (χ3n) is 5.34. The van der Waals surface area contributed by atoms with Gasteiger partial charge in [-0.3, -0.25) is 4.79 Å². The van der Waals surface area contributed by atoms with Crippen LogP contribution in [0.5, 0.6) is 0 Å². The van der Waals surface area contributed by atoms with Crippen molar-refractivity contribution in [2.75, 3.05) is 5.32 Å². The van der Waals surface area contributed by atoms with Crippen LogP contribution in [0.25, 0.3) is 0 Å². The fourth-order valence-electron chi connectivity index (χ4n) is 3.47. The lowest BCUT2D eigenvalue weighted by atomic mass is 10.1. The van der Waals surface area contributed by atoms with Crippen molar-refractivity contribution >= 4 is 46.2 Å². The minimum atomic E-state index is -0.157. The van der Waals surface area contributed by atoms with Crippen LogP contribution < -0.4 is 5.32 Å². The second kappa shape index (κ2) is 8.06. The molecule has 0 radical (unpaired) electrons. The maximum atomic E-state index is 12.7. The number of benzene rings is 2. The highest BCUT2D eigenvalue weighted by Gasteiger charge is 2.60. The van der Waals surface area contributed by atoms with E-state index in [1.807, 2.05) is 70.2 Å². The lowest BCUT2D eigenvalue weighted by Crippen LogP contribution is -2.16. The number of nitrogens with one attached hydrogen (secondary N) is 1. The number of amides is 1. The monoisotopic (exact) mass is 415 g/mol. The fraction of sp³-hybridized carbons (Fsp3) is 0.318. The molecule has 0 heterocycles. The van der Waals surface area contributed by atoms with Crippen molar-refractivity contribution in [3.05, 3.63) is 64.2 Å². The van der Waals surface area contributed by atoms with E-state index in [2.05, 4.69) is 15.5 Å². The number of carbonyl (C=O) groups excluding carboxylic acids is 1. The van der Waals surface area contributed by atoms with Crippen LogP contribution >= 0.6 is 23.2 Å². The molecule has 1 aliphatic rings. The van der Waals surface area contributed by atoms with Crippen molar-refractivity contribution in [1.29, 1.82) is 0 Å². The molecule has 2 aromatic carbocycles. The summed E-state index contributed by atoms with van der Waals surface area (Å²) in [5.74, 6) is -0.143. The minimum Gasteiger partial charge on any atom is -0.326 e. The van der Waals surface area contributed by atoms with Gasteiger partial charge >= 0.3 is 0 Å². The number of aryl methyl sites for hydroxylation is 2. The summed E-state index contributed by atoms with van der Waals surface area (Å²) < 4.78 is 0.201. The number of halogens is 2. The van der Waals surface area contributed by atoms with Gasteiger partial charge in [0.1, 0.15) is 4.49 Å². The third kappa shape index (κ3) is 4.45. The zero-order valence-corrected chi connectivity index (χ0v) is 17.8. The first-order valence-electron chi connectivity index (χ1n) is 9.12. The van der Waals surface area contributed by atoms with Crippen molar-refractivity contribution in [1.82, 2.24) is 0 Å². The normalized spacial score (nSPS) is 20.1. The van der Waals surface area contributed by atoms with Crippen LogP contribution in [-0.2, 0) is 4.79 Å². The van der Waals surface area contributed by atoms with Gasteiger partial charge in [-0.1, -0.05) is 55.2 Å². The smallest absolute Gasteiger partial charge is 0.228 e. The largest absolute Gasteiger partial charge is 0.326 e. The molecule has 1 N–H and O–H groups in total. The Hall–Kier alpha value is -2.17. The van der Waals surface area contributed by atoms with Crippen LogP contribution in [0.15, 0.2) is 63.3 Å². The Morgan fingerprint density at radius 3 is 2.29 bits per heavy atom. The lowest BCUT2D eigenvalue weighted by Gasteiger charge is -2.08. The molecule has 1 fully saturated rings. The van der Waals surface area contributed by atoms with E-state index in [-0.39, 0.29) is 27.6 Å². The van der Waals surface area contributed by atoms with E-state index in [9.17, 15) is 4.79 Å². The molecule has 0 saturated heterocycles. The standard InChI is InChI=1S/C22H23Cl2N3O/c1-13-7-5-6-8-17(13)26-27-18-10-9-15(11-14(18)2)25-21(28)20-16(12-19(23)24)22(20,3)4/h5-12,16,20H,1-4H3,(H,25,28)/t16-,20-/m1/s1. The summed E-state index contributed by atoms with van der Waals surface area (Å²) >= 11 is 11.5. The Kier molecular flexibility index (Phi) is 5.92. The van der Waals surface area contributed by atoms with Crippen LogP contribution in [0.1, 0.15) is 25.0 Å². The zero-order chi connectivity index (χ0) is 20.5. The molecule has 4 nitrogen and oxygen atoms in total. The van der Waals surface area contributed by atoms with Gasteiger partial charge in [0.25, 0.3) is 0 Å². The average molecular weight is 416 g/mol. The minimum absolute atomic E-state index is 0.0329. The van der Waals surface area contributed by atoms with Gasteiger partial charge in [0.15, 0.2) is 0 Å². The van der Waals surface area contributed by atoms with E-state index in [1.54, 1.807) is 6.08 Å². The van der Waals surface area contributed by atoms with E-state index in [0.29, 0.717) is 0 Å². The summed E-state index contributed by atoms with van der Waals surface area (Å²) in [6.45, 7) is 8.02. The van der Waals surface area contributed by atoms with Gasteiger partial charge in [0, 0.05) is 5.69 Å². The van der Waals surface area contributed by atoms with Crippen molar-refractivity contribution in [3.63, 3.8) is 0 Å². The molecule has 28 heavy (non-hydrogen) atoms. The molecule has 1 amide bonds. The van der Waals surface area contributed by atoms with Gasteiger partial charge in [-0.15, -0.1) is 0 Å². The van der Waals surface area contributed by atoms with Crippen molar-refractivity contribution in [2.24, 2.45) is 27.5 Å². The highest BCUT2D eigenvalue weighted by molar-refractivity contribution is 6.55. The van der Waals surface area contributed by atoms with Crippen molar-refractivity contribution in [2.45, 2.75) is 27.7 Å². The molecule has 0 aliphatic heterocycles. The van der Waals surface area contributed by atoms with Crippen LogP contribution in [-0.4, -0.2) is 5.91 Å². The maximum absolute atomic E-state index is 12.7. The first-order valence-corrected chi connectivity index (χ1v) is 9.87. The quantitative estimate of drug-likeness (QED) is 0.513. The first kappa shape index (κ1) is 20.6. The second-order valence-electron chi connectivity index (χ2n) is 7.76. The molecule has 0 unspecified atom stereocenters. The summed E-state index contributed by atoms with van der Waals surface area (Å²) in [5.41, 5.74) is 4.19. The summed E-state index contributed by atoms with van der Waals surface area (Å²) in [4.78, 5) is 12.7. The molecule has 1 saturated carbocycles. The van der Waals surface area contributed by atoms with E-state index in [1.165, 1.54) is 0 Å². The van der Waals surface area contributed by atoms with Gasteiger partial charge in [0.2, 0.25) is 5.91 Å². The van der Waals surface area contributed by atoms with Crippen LogP contribution in [0.3, 0.4) is 0 Å². The molecular weight excluding hydrogens is 393 g/mol. The Balaban J connectivity index is 1.70. The molecule has 3 rings (SSSR count). The fourth-order valence-corrected chi connectivity index (χ4v) is 3.75. The highest BCUT2D eigenvalue weighted by atomic mass is 35.5. The van der Waals surface area contributed by atoms with E-state index >= 15 is 0 Å². The van der Waals surface area contributed by atoms with Crippen LogP contribution in [0, 0.1) is 31.1 Å². The summed E-state index contributed by atoms with van der Waals surface area (Å²) in [5, 5.41) is 11.7. The van der Waals surface area contributed by atoms with Crippen molar-refractivity contribution < 1.29 is 4.79 Å². The van der Waals surface area contributed by atoms with Gasteiger partial charge < -0.3 is 5.32 Å². The van der Waals surface area contributed by atoms with Gasteiger partial charge in [-0.25, -0.2) is 0 Å². The summed E-state index contributed by atoms with van der Waals surface area (Å²) in [6.07, 6.45) is 1.74. The van der Waals surface area contributed by atoms with Gasteiger partial charge in [0.05, 0.1) is 17.3 Å². The number of hydrogen-bond donors (Lipinski definition) is 1. The molecule has 146 valence electrons. The first-order chi connectivity index (χ1) is 13.2. The van der Waals surface area contributed by atoms with Crippen LogP contribution in [0.2, 0.25) is 0 Å². The SMILES string of the molecule is Cc1ccccc1N=Nc1ccc(NC(=O)[C@H]2[C@@H](C=C(Cl)Cl)C2(C)C)cc1C. The predicted molar refractivity (Wildman–Crippen MR) is 116 cm³/mol. The Labute approximate surface area is 175 Å². The van der Waals surface area contributed by atoms with Crippen molar-refractivity contribution in [3.8, 4) is 0 Å². The number of azo groups is 1. The third-order valence-corrected chi connectivity index (χ3v) is 5.60. The number of hydrogen-bond acceptors (Lipinski definition) is 3. The molecule has 1 aliphatic carbocycles. The number of anilines is 1. The molecule has 6 heteroatoms. The van der Waals surface area contributed by atoms with Crippen LogP contribution in [0.4, 0.5) is 17.1 Å². The Morgan fingerprint density at radius 2 is 1.68 bits per heavy atom. The zero-order valence-electron chi connectivity index (χ0n) is 16.3. The highest BCUT2D eigenvalue weighted by Crippen LogP contribution is 2.60. The Bertz CT molecular complexity index is 962. The number of carbonyl (C=O) groups is 1. The number of rotatable bonds is 5. The topological polar surface area (TPSA) is 53.8 Å². The van der Waals surface area contributed by atoms with Gasteiger partial charge in [-0.2, -0.15) is 10.2 Å². The van der Waals surface area contributed by atoms with E-state index in [4.69, 9.17) is 23.2 Å². The molecule has 2 aromatic rings. The van der Waals surface area contributed by atoms with E-state index < -0.39 is 0 Å². The molecule has 2 atom stereocenters.